The zero-order valence-electron chi connectivity index (χ0n) is 15.5. The highest BCUT2D eigenvalue weighted by atomic mass is 19.4. The molecule has 1 saturated carbocycles. The number of fused-ring (bicyclic) bond motifs is 1. The molecule has 0 unspecified atom stereocenters. The zero-order valence-corrected chi connectivity index (χ0v) is 15.5. The first-order valence-corrected chi connectivity index (χ1v) is 9.24. The van der Waals surface area contributed by atoms with Crippen molar-refractivity contribution < 1.29 is 27.5 Å². The number of hydrogen-bond acceptors (Lipinski definition) is 6. The van der Waals surface area contributed by atoms with Gasteiger partial charge in [0.1, 0.15) is 17.5 Å². The Labute approximate surface area is 167 Å². The van der Waals surface area contributed by atoms with Gasteiger partial charge < -0.3 is 14.8 Å². The van der Waals surface area contributed by atoms with Crippen molar-refractivity contribution in [1.82, 2.24) is 24.4 Å². The molecule has 1 amide bonds. The highest BCUT2D eigenvalue weighted by molar-refractivity contribution is 6.08. The number of aromatic nitrogens is 5. The average molecular weight is 422 g/mol. The van der Waals surface area contributed by atoms with Gasteiger partial charge in [-0.1, -0.05) is 0 Å². The van der Waals surface area contributed by atoms with Crippen LogP contribution in [-0.2, 0) is 4.79 Å². The Morgan fingerprint density at radius 2 is 2.03 bits per heavy atom. The van der Waals surface area contributed by atoms with Gasteiger partial charge in [-0.15, -0.1) is 18.3 Å². The molecule has 30 heavy (non-hydrogen) atoms. The number of aldehydes is 1. The van der Waals surface area contributed by atoms with Gasteiger partial charge in [0.05, 0.1) is 18.4 Å². The first-order chi connectivity index (χ1) is 14.3. The van der Waals surface area contributed by atoms with Crippen molar-refractivity contribution in [2.24, 2.45) is 5.92 Å². The third kappa shape index (κ3) is 4.11. The van der Waals surface area contributed by atoms with Crippen LogP contribution < -0.4 is 10.1 Å². The van der Waals surface area contributed by atoms with Gasteiger partial charge in [0.2, 0.25) is 0 Å². The van der Waals surface area contributed by atoms with Gasteiger partial charge in [0.15, 0.2) is 5.65 Å². The van der Waals surface area contributed by atoms with Gasteiger partial charge >= 0.3 is 6.36 Å². The summed E-state index contributed by atoms with van der Waals surface area (Å²) in [6.07, 6.45) is 3.98. The van der Waals surface area contributed by atoms with Gasteiger partial charge in [-0.3, -0.25) is 9.48 Å². The largest absolute Gasteiger partial charge is 0.574 e. The molecule has 0 aliphatic heterocycles. The molecule has 0 atom stereocenters. The number of carbonyl (C=O) groups is 2. The molecular formula is C18H17F3N6O3. The summed E-state index contributed by atoms with van der Waals surface area (Å²) in [7, 11) is 0. The SMILES string of the molecule is O=C[C@H]1CC[C@H](n2cc(NC(=O)c3cnn4cccnc34)c(OC(F)(F)F)n2)CC1. The van der Waals surface area contributed by atoms with Crippen molar-refractivity contribution in [3.05, 3.63) is 36.4 Å². The van der Waals surface area contributed by atoms with Crippen LogP contribution in [0, 0.1) is 5.92 Å². The van der Waals surface area contributed by atoms with E-state index in [1.54, 1.807) is 12.3 Å². The van der Waals surface area contributed by atoms with Gasteiger partial charge in [0, 0.05) is 18.3 Å². The predicted molar refractivity (Wildman–Crippen MR) is 96.9 cm³/mol. The number of ether oxygens (including phenoxy) is 1. The van der Waals surface area contributed by atoms with Gasteiger partial charge in [-0.2, -0.15) is 5.10 Å². The molecule has 12 heteroatoms. The predicted octanol–water partition coefficient (Wildman–Crippen LogP) is 3.01. The Morgan fingerprint density at radius 3 is 2.73 bits per heavy atom. The fourth-order valence-corrected chi connectivity index (χ4v) is 3.51. The third-order valence-electron chi connectivity index (χ3n) is 4.99. The van der Waals surface area contributed by atoms with Gasteiger partial charge in [-0.25, -0.2) is 9.50 Å². The summed E-state index contributed by atoms with van der Waals surface area (Å²) in [6.45, 7) is 0. The normalized spacial score (nSPS) is 19.6. The van der Waals surface area contributed by atoms with Gasteiger partial charge in [0.25, 0.3) is 11.8 Å². The molecule has 158 valence electrons. The van der Waals surface area contributed by atoms with Crippen molar-refractivity contribution in [2.75, 3.05) is 5.32 Å². The highest BCUT2D eigenvalue weighted by Gasteiger charge is 2.35. The molecule has 3 heterocycles. The summed E-state index contributed by atoms with van der Waals surface area (Å²) < 4.78 is 45.3. The second-order valence-electron chi connectivity index (χ2n) is 6.98. The Hall–Kier alpha value is -3.44. The van der Waals surface area contributed by atoms with Crippen LogP contribution >= 0.6 is 0 Å². The minimum absolute atomic E-state index is 0.0509. The van der Waals surface area contributed by atoms with E-state index in [9.17, 15) is 22.8 Å². The maximum absolute atomic E-state index is 12.8. The fourth-order valence-electron chi connectivity index (χ4n) is 3.51. The Morgan fingerprint density at radius 1 is 1.27 bits per heavy atom. The van der Waals surface area contributed by atoms with Crippen molar-refractivity contribution >= 4 is 23.5 Å². The van der Waals surface area contributed by atoms with Crippen LogP contribution in [-0.4, -0.2) is 42.9 Å². The fraction of sp³-hybridized carbons (Fsp3) is 0.389. The number of amides is 1. The number of alkyl halides is 3. The molecule has 0 bridgehead atoms. The lowest BCUT2D eigenvalue weighted by Gasteiger charge is -2.25. The standard InChI is InChI=1S/C18H17F3N6O3/c19-18(20,21)30-17-14(9-27(25-17)12-4-2-11(10-28)3-5-12)24-16(29)13-8-23-26-7-1-6-22-15(13)26/h1,6-12H,2-5H2,(H,24,29)/t11-,12-. The first-order valence-electron chi connectivity index (χ1n) is 9.24. The summed E-state index contributed by atoms with van der Waals surface area (Å²) in [6, 6.07) is 1.43. The van der Waals surface area contributed by atoms with Crippen molar-refractivity contribution in [2.45, 2.75) is 38.1 Å². The van der Waals surface area contributed by atoms with Crippen LogP contribution in [0.3, 0.4) is 0 Å². The Bertz CT molecular complexity index is 1070. The van der Waals surface area contributed by atoms with E-state index in [-0.39, 0.29) is 28.9 Å². The minimum atomic E-state index is -4.97. The molecule has 4 rings (SSSR count). The van der Waals surface area contributed by atoms with Crippen LogP contribution in [0.1, 0.15) is 42.1 Å². The van der Waals surface area contributed by atoms with Crippen LogP contribution in [0.25, 0.3) is 5.65 Å². The lowest BCUT2D eigenvalue weighted by atomic mass is 9.87. The Balaban J connectivity index is 1.60. The van der Waals surface area contributed by atoms with Crippen LogP contribution in [0.4, 0.5) is 18.9 Å². The van der Waals surface area contributed by atoms with E-state index in [1.807, 2.05) is 0 Å². The average Bonchev–Trinajstić information content (AvgIpc) is 3.31. The number of halogens is 3. The quantitative estimate of drug-likeness (QED) is 0.634. The molecule has 0 saturated heterocycles. The number of nitrogens with one attached hydrogen (secondary N) is 1. The lowest BCUT2D eigenvalue weighted by Crippen LogP contribution is -2.20. The minimum Gasteiger partial charge on any atom is -0.384 e. The summed E-state index contributed by atoms with van der Waals surface area (Å²) in [5, 5.41) is 10.3. The van der Waals surface area contributed by atoms with Crippen LogP contribution in [0.15, 0.2) is 30.9 Å². The number of rotatable bonds is 5. The van der Waals surface area contributed by atoms with Crippen LogP contribution in [0.2, 0.25) is 0 Å². The van der Waals surface area contributed by atoms with E-state index in [2.05, 4.69) is 25.2 Å². The topological polar surface area (TPSA) is 103 Å². The third-order valence-corrected chi connectivity index (χ3v) is 4.99. The van der Waals surface area contributed by atoms with Crippen molar-refractivity contribution in [3.8, 4) is 5.88 Å². The molecule has 1 aliphatic carbocycles. The molecule has 3 aromatic rings. The molecule has 1 N–H and O–H groups in total. The molecule has 3 aromatic heterocycles. The second-order valence-corrected chi connectivity index (χ2v) is 6.98. The lowest BCUT2D eigenvalue weighted by molar-refractivity contribution is -0.276. The van der Waals surface area contributed by atoms with Crippen LogP contribution in [0.5, 0.6) is 5.88 Å². The van der Waals surface area contributed by atoms with E-state index in [4.69, 9.17) is 0 Å². The summed E-state index contributed by atoms with van der Waals surface area (Å²) in [5.41, 5.74) is 0.130. The Kier molecular flexibility index (Phi) is 5.14. The van der Waals surface area contributed by atoms with E-state index < -0.39 is 18.1 Å². The number of anilines is 1. The van der Waals surface area contributed by atoms with E-state index in [0.717, 1.165) is 6.29 Å². The highest BCUT2D eigenvalue weighted by Crippen LogP contribution is 2.35. The molecule has 0 aromatic carbocycles. The molecule has 1 aliphatic rings. The summed E-state index contributed by atoms with van der Waals surface area (Å²) in [5.74, 6) is -1.50. The molecule has 0 spiro atoms. The number of hydrogen-bond donors (Lipinski definition) is 1. The smallest absolute Gasteiger partial charge is 0.384 e. The van der Waals surface area contributed by atoms with Gasteiger partial charge in [-0.05, 0) is 31.7 Å². The molecule has 0 radical (unpaired) electrons. The summed E-state index contributed by atoms with van der Waals surface area (Å²) in [4.78, 5) is 27.6. The van der Waals surface area contributed by atoms with Crippen molar-refractivity contribution in [3.63, 3.8) is 0 Å². The maximum Gasteiger partial charge on any atom is 0.574 e. The maximum atomic E-state index is 12.8. The monoisotopic (exact) mass is 422 g/mol. The first kappa shape index (κ1) is 19.9. The van der Waals surface area contributed by atoms with E-state index in [1.165, 1.54) is 27.8 Å². The summed E-state index contributed by atoms with van der Waals surface area (Å²) >= 11 is 0. The second kappa shape index (κ2) is 7.76. The number of carbonyl (C=O) groups excluding carboxylic acids is 2. The van der Waals surface area contributed by atoms with E-state index in [0.29, 0.717) is 25.7 Å². The molecular weight excluding hydrogens is 405 g/mol. The molecule has 9 nitrogen and oxygen atoms in total. The molecule has 1 fully saturated rings. The zero-order chi connectivity index (χ0) is 21.3. The number of nitrogens with zero attached hydrogens (tertiary/aromatic N) is 5. The van der Waals surface area contributed by atoms with E-state index >= 15 is 0 Å². The van der Waals surface area contributed by atoms with Crippen molar-refractivity contribution in [1.29, 1.82) is 0 Å².